The standard InChI is InChI=1S/C26H29F2N9O/c1-14(2)37-15(3)33-24-18(27)8-17(9-21(24)37)23-19(28)11-32-26(35-23)34-22-5-4-16(10-31-22)12-36-7-6-30-20(13-36)25(29)38/h4-5,8-11,14,20,30H,6-7,12-13H2,1-3H3,(H2,29,38)(H,31,32,34,35)/t20-/m0/s1. The van der Waals surface area contributed by atoms with Crippen LogP contribution in [-0.4, -0.2) is 61.0 Å². The first kappa shape index (κ1) is 25.6. The lowest BCUT2D eigenvalue weighted by molar-refractivity contribution is -0.121. The first-order valence-electron chi connectivity index (χ1n) is 12.4. The van der Waals surface area contributed by atoms with E-state index in [2.05, 4.69) is 35.5 Å². The van der Waals surface area contributed by atoms with E-state index in [9.17, 15) is 13.6 Å². The van der Waals surface area contributed by atoms with Gasteiger partial charge in [-0.15, -0.1) is 0 Å². The molecule has 5 rings (SSSR count). The maximum atomic E-state index is 14.9. The highest BCUT2D eigenvalue weighted by molar-refractivity contribution is 5.83. The molecule has 1 atom stereocenters. The van der Waals surface area contributed by atoms with Gasteiger partial charge in [0, 0.05) is 44.0 Å². The number of nitrogens with zero attached hydrogens (tertiary/aromatic N) is 6. The van der Waals surface area contributed by atoms with Gasteiger partial charge in [0.05, 0.1) is 17.8 Å². The van der Waals surface area contributed by atoms with Gasteiger partial charge in [0.1, 0.15) is 22.9 Å². The maximum Gasteiger partial charge on any atom is 0.235 e. The van der Waals surface area contributed by atoms with Crippen LogP contribution in [-0.2, 0) is 11.3 Å². The summed E-state index contributed by atoms with van der Waals surface area (Å²) in [5, 5.41) is 6.09. The molecule has 38 heavy (non-hydrogen) atoms. The molecule has 0 radical (unpaired) electrons. The van der Waals surface area contributed by atoms with E-state index in [4.69, 9.17) is 5.73 Å². The van der Waals surface area contributed by atoms with E-state index in [1.54, 1.807) is 18.3 Å². The second-order valence-electron chi connectivity index (χ2n) is 9.66. The Morgan fingerprint density at radius 1 is 1.18 bits per heavy atom. The third-order valence-corrected chi connectivity index (χ3v) is 6.53. The van der Waals surface area contributed by atoms with E-state index in [1.807, 2.05) is 31.4 Å². The molecule has 10 nitrogen and oxygen atoms in total. The van der Waals surface area contributed by atoms with Gasteiger partial charge in [0.2, 0.25) is 11.9 Å². The summed E-state index contributed by atoms with van der Waals surface area (Å²) in [6.45, 7) is 8.40. The summed E-state index contributed by atoms with van der Waals surface area (Å²) in [4.78, 5) is 30.7. The zero-order valence-electron chi connectivity index (χ0n) is 21.4. The van der Waals surface area contributed by atoms with Gasteiger partial charge in [0.15, 0.2) is 11.6 Å². The van der Waals surface area contributed by atoms with Crippen LogP contribution < -0.4 is 16.4 Å². The molecule has 0 spiro atoms. The Bertz CT molecular complexity index is 1490. The van der Waals surface area contributed by atoms with Crippen LogP contribution in [0.15, 0.2) is 36.7 Å². The lowest BCUT2D eigenvalue weighted by Crippen LogP contribution is -2.55. The number of aryl methyl sites for hydroxylation is 1. The van der Waals surface area contributed by atoms with Crippen LogP contribution in [0.1, 0.15) is 31.3 Å². The molecule has 0 aliphatic carbocycles. The minimum Gasteiger partial charge on any atom is -0.368 e. The summed E-state index contributed by atoms with van der Waals surface area (Å²) in [6.07, 6.45) is 2.76. The molecule has 1 amide bonds. The molecule has 1 aliphatic rings. The number of hydrogen-bond acceptors (Lipinski definition) is 8. The predicted molar refractivity (Wildman–Crippen MR) is 140 cm³/mol. The van der Waals surface area contributed by atoms with Crippen LogP contribution in [0, 0.1) is 18.6 Å². The zero-order valence-corrected chi connectivity index (χ0v) is 21.4. The van der Waals surface area contributed by atoms with Crippen LogP contribution in [0.3, 0.4) is 0 Å². The number of pyridine rings is 1. The molecular formula is C26H29F2N9O. The number of benzene rings is 1. The van der Waals surface area contributed by atoms with E-state index < -0.39 is 11.6 Å². The van der Waals surface area contributed by atoms with Crippen molar-refractivity contribution in [2.45, 2.75) is 39.4 Å². The smallest absolute Gasteiger partial charge is 0.235 e. The van der Waals surface area contributed by atoms with Crippen LogP contribution >= 0.6 is 0 Å². The second-order valence-corrected chi connectivity index (χ2v) is 9.66. The molecule has 0 unspecified atom stereocenters. The number of carbonyl (C=O) groups is 1. The Balaban J connectivity index is 1.35. The monoisotopic (exact) mass is 521 g/mol. The third kappa shape index (κ3) is 5.18. The highest BCUT2D eigenvalue weighted by Crippen LogP contribution is 2.30. The summed E-state index contributed by atoms with van der Waals surface area (Å²) in [6, 6.07) is 6.28. The molecule has 12 heteroatoms. The highest BCUT2D eigenvalue weighted by Gasteiger charge is 2.23. The Morgan fingerprint density at radius 2 is 2.00 bits per heavy atom. The van der Waals surface area contributed by atoms with E-state index in [0.717, 1.165) is 18.3 Å². The molecule has 1 aliphatic heterocycles. The number of aromatic nitrogens is 5. The van der Waals surface area contributed by atoms with Crippen LogP contribution in [0.25, 0.3) is 22.3 Å². The number of halogens is 2. The highest BCUT2D eigenvalue weighted by atomic mass is 19.1. The van der Waals surface area contributed by atoms with Crippen molar-refractivity contribution in [3.63, 3.8) is 0 Å². The molecule has 4 aromatic rings. The number of piperazine rings is 1. The first-order valence-corrected chi connectivity index (χ1v) is 12.4. The number of nitrogens with two attached hydrogens (primary N) is 1. The minimum atomic E-state index is -0.671. The van der Waals surface area contributed by atoms with Crippen molar-refractivity contribution in [2.24, 2.45) is 5.73 Å². The molecule has 4 heterocycles. The van der Waals surface area contributed by atoms with Crippen molar-refractivity contribution >= 4 is 28.7 Å². The van der Waals surface area contributed by atoms with Gasteiger partial charge in [0.25, 0.3) is 0 Å². The fraction of sp³-hybridized carbons (Fsp3) is 0.346. The number of hydrogen-bond donors (Lipinski definition) is 3. The Morgan fingerprint density at radius 3 is 2.71 bits per heavy atom. The summed E-state index contributed by atoms with van der Waals surface area (Å²) in [5.41, 5.74) is 7.44. The molecule has 4 N–H and O–H groups in total. The van der Waals surface area contributed by atoms with Gasteiger partial charge in [-0.05, 0) is 44.5 Å². The fourth-order valence-corrected chi connectivity index (χ4v) is 4.80. The normalized spacial score (nSPS) is 16.3. The fourth-order valence-electron chi connectivity index (χ4n) is 4.80. The van der Waals surface area contributed by atoms with Crippen molar-refractivity contribution < 1.29 is 13.6 Å². The van der Waals surface area contributed by atoms with E-state index in [-0.39, 0.29) is 40.7 Å². The summed E-state index contributed by atoms with van der Waals surface area (Å²) in [5.74, 6) is -0.310. The van der Waals surface area contributed by atoms with Gasteiger partial charge in [-0.2, -0.15) is 0 Å². The number of fused-ring (bicyclic) bond motifs is 1. The number of nitrogens with one attached hydrogen (secondary N) is 2. The zero-order chi connectivity index (χ0) is 27.0. The number of anilines is 2. The van der Waals surface area contributed by atoms with Crippen molar-refractivity contribution in [3.05, 3.63) is 59.7 Å². The van der Waals surface area contributed by atoms with Crippen molar-refractivity contribution in [3.8, 4) is 11.3 Å². The first-order chi connectivity index (χ1) is 18.2. The number of primary amides is 1. The van der Waals surface area contributed by atoms with Crippen LogP contribution in [0.5, 0.6) is 0 Å². The predicted octanol–water partition coefficient (Wildman–Crippen LogP) is 3.06. The Kier molecular flexibility index (Phi) is 7.00. The SMILES string of the molecule is Cc1nc2c(F)cc(-c3nc(Nc4ccc(CN5CCN[C@H](C(N)=O)C5)cn4)ncc3F)cc2n1C(C)C. The van der Waals surface area contributed by atoms with Crippen LogP contribution in [0.4, 0.5) is 20.5 Å². The topological polar surface area (TPSA) is 127 Å². The largest absolute Gasteiger partial charge is 0.368 e. The molecule has 1 aromatic carbocycles. The lowest BCUT2D eigenvalue weighted by Gasteiger charge is -2.31. The molecule has 0 saturated carbocycles. The van der Waals surface area contributed by atoms with Crippen LogP contribution in [0.2, 0.25) is 0 Å². The van der Waals surface area contributed by atoms with Gasteiger partial charge in [-0.1, -0.05) is 6.07 Å². The number of rotatable bonds is 7. The Hall–Kier alpha value is -4.03. The molecule has 3 aromatic heterocycles. The third-order valence-electron chi connectivity index (χ3n) is 6.53. The number of carbonyl (C=O) groups excluding carboxylic acids is 1. The van der Waals surface area contributed by atoms with Gasteiger partial charge in [-0.3, -0.25) is 9.69 Å². The van der Waals surface area contributed by atoms with Gasteiger partial charge >= 0.3 is 0 Å². The molecule has 198 valence electrons. The van der Waals surface area contributed by atoms with Crippen molar-refractivity contribution in [1.29, 1.82) is 0 Å². The van der Waals surface area contributed by atoms with Gasteiger partial charge in [-0.25, -0.2) is 28.7 Å². The molecule has 1 fully saturated rings. The average Bonchev–Trinajstić information content (AvgIpc) is 3.23. The minimum absolute atomic E-state index is 0.0307. The Labute approximate surface area is 218 Å². The number of imidazole rings is 1. The molecule has 0 bridgehead atoms. The average molecular weight is 522 g/mol. The number of amides is 1. The maximum absolute atomic E-state index is 14.9. The lowest BCUT2D eigenvalue weighted by atomic mass is 10.1. The molecule has 1 saturated heterocycles. The summed E-state index contributed by atoms with van der Waals surface area (Å²) >= 11 is 0. The van der Waals surface area contributed by atoms with E-state index in [0.29, 0.717) is 36.8 Å². The van der Waals surface area contributed by atoms with Crippen molar-refractivity contribution in [2.75, 3.05) is 25.0 Å². The molecular weight excluding hydrogens is 492 g/mol. The quantitative estimate of drug-likeness (QED) is 0.339. The summed E-state index contributed by atoms with van der Waals surface area (Å²) in [7, 11) is 0. The van der Waals surface area contributed by atoms with E-state index in [1.165, 1.54) is 6.07 Å². The van der Waals surface area contributed by atoms with Crippen molar-refractivity contribution in [1.82, 2.24) is 34.7 Å². The second kappa shape index (κ2) is 10.4. The summed E-state index contributed by atoms with van der Waals surface area (Å²) < 4.78 is 31.6. The van der Waals surface area contributed by atoms with E-state index >= 15 is 0 Å². The van der Waals surface area contributed by atoms with Gasteiger partial charge < -0.3 is 20.9 Å².